The molecule has 0 N–H and O–H groups in total. The van der Waals surface area contributed by atoms with Crippen LogP contribution < -0.4 is 5.19 Å². The first-order chi connectivity index (χ1) is 8.86. The fraction of sp³-hybridized carbons (Fsp3) is 0.533. The summed E-state index contributed by atoms with van der Waals surface area (Å²) < 4.78 is 5.97. The Hall–Kier alpha value is -1.11. The van der Waals surface area contributed by atoms with Crippen molar-refractivity contribution in [1.29, 1.82) is 5.26 Å². The van der Waals surface area contributed by atoms with Gasteiger partial charge in [-0.1, -0.05) is 44.0 Å². The minimum atomic E-state index is -0.879. The third-order valence-corrected chi connectivity index (χ3v) is 5.86. The second kappa shape index (κ2) is 6.72. The third kappa shape index (κ3) is 3.01. The Morgan fingerprint density at radius 3 is 2.89 bits per heavy atom. The highest BCUT2D eigenvalue weighted by atomic mass is 28.3. The molecule has 1 unspecified atom stereocenters. The van der Waals surface area contributed by atoms with E-state index in [0.717, 1.165) is 19.4 Å². The van der Waals surface area contributed by atoms with Gasteiger partial charge in [-0.05, 0) is 29.6 Å². The van der Waals surface area contributed by atoms with Crippen LogP contribution in [-0.2, 0) is 4.43 Å². The first-order valence-electron chi connectivity index (χ1n) is 6.84. The minimum Gasteiger partial charge on any atom is -0.412 e. The van der Waals surface area contributed by atoms with Crippen LogP contribution in [0.5, 0.6) is 0 Å². The van der Waals surface area contributed by atoms with E-state index < -0.39 is 9.04 Å². The SMILES string of the molecule is CCCC(C#N)c1ccccc1[Si]1CCCCO1. The maximum Gasteiger partial charge on any atom is 0.247 e. The van der Waals surface area contributed by atoms with Gasteiger partial charge in [-0.3, -0.25) is 0 Å². The fourth-order valence-electron chi connectivity index (χ4n) is 2.50. The molecule has 0 saturated carbocycles. The predicted molar refractivity (Wildman–Crippen MR) is 75.1 cm³/mol. The molecule has 2 nitrogen and oxygen atoms in total. The monoisotopic (exact) mass is 258 g/mol. The number of hydrogen-bond acceptors (Lipinski definition) is 2. The summed E-state index contributed by atoms with van der Waals surface area (Å²) in [7, 11) is -0.879. The average molecular weight is 258 g/mol. The first-order valence-corrected chi connectivity index (χ1v) is 8.46. The molecule has 1 saturated heterocycles. The molecule has 0 aromatic heterocycles. The first kappa shape index (κ1) is 13.3. The van der Waals surface area contributed by atoms with Crippen LogP contribution in [0.2, 0.25) is 6.04 Å². The van der Waals surface area contributed by atoms with E-state index in [2.05, 4.69) is 31.2 Å². The van der Waals surface area contributed by atoms with E-state index >= 15 is 0 Å². The summed E-state index contributed by atoms with van der Waals surface area (Å²) in [5, 5.41) is 10.7. The Kier molecular flexibility index (Phi) is 4.97. The van der Waals surface area contributed by atoms with Crippen LogP contribution in [0.25, 0.3) is 0 Å². The standard InChI is InChI=1S/C15H20NOSi/c1-2-7-13(12-16)14-8-3-4-9-15(14)18-11-6-5-10-17-18/h3-4,8-9,13H,2,5-7,10-11H2,1H3. The highest BCUT2D eigenvalue weighted by Crippen LogP contribution is 2.21. The number of rotatable bonds is 4. The van der Waals surface area contributed by atoms with Crippen molar-refractivity contribution in [2.45, 2.75) is 44.6 Å². The van der Waals surface area contributed by atoms with Crippen molar-refractivity contribution in [3.8, 4) is 6.07 Å². The molecule has 1 radical (unpaired) electrons. The van der Waals surface area contributed by atoms with Crippen molar-refractivity contribution in [3.05, 3.63) is 29.8 Å². The van der Waals surface area contributed by atoms with Gasteiger partial charge in [-0.25, -0.2) is 0 Å². The predicted octanol–water partition coefficient (Wildman–Crippen LogP) is 3.10. The summed E-state index contributed by atoms with van der Waals surface area (Å²) in [5.74, 6) is 0.0363. The summed E-state index contributed by atoms with van der Waals surface area (Å²) in [6.45, 7) is 3.03. The lowest BCUT2D eigenvalue weighted by molar-refractivity contribution is 0.294. The molecule has 1 aliphatic rings. The third-order valence-electron chi connectivity index (χ3n) is 3.44. The quantitative estimate of drug-likeness (QED) is 0.777. The Labute approximate surface area is 111 Å². The highest BCUT2D eigenvalue weighted by molar-refractivity contribution is 6.68. The van der Waals surface area contributed by atoms with E-state index in [1.165, 1.54) is 29.6 Å². The van der Waals surface area contributed by atoms with Crippen LogP contribution in [0.4, 0.5) is 0 Å². The van der Waals surface area contributed by atoms with Crippen molar-refractivity contribution < 1.29 is 4.43 Å². The number of benzene rings is 1. The molecule has 1 aromatic carbocycles. The van der Waals surface area contributed by atoms with Crippen LogP contribution in [0.3, 0.4) is 0 Å². The van der Waals surface area contributed by atoms with Crippen molar-refractivity contribution >= 4 is 14.2 Å². The molecule has 0 bridgehead atoms. The van der Waals surface area contributed by atoms with Gasteiger partial charge in [0.15, 0.2) is 0 Å². The van der Waals surface area contributed by atoms with E-state index in [9.17, 15) is 5.26 Å². The minimum absolute atomic E-state index is 0.0363. The molecule has 1 atom stereocenters. The van der Waals surface area contributed by atoms with Crippen LogP contribution in [0.15, 0.2) is 24.3 Å². The van der Waals surface area contributed by atoms with E-state index in [1.54, 1.807) is 0 Å². The zero-order valence-corrected chi connectivity index (χ0v) is 12.0. The molecular weight excluding hydrogens is 238 g/mol. The molecule has 1 fully saturated rings. The lowest BCUT2D eigenvalue weighted by Crippen LogP contribution is -2.39. The molecule has 18 heavy (non-hydrogen) atoms. The molecule has 0 amide bonds. The van der Waals surface area contributed by atoms with Crippen LogP contribution in [0.1, 0.15) is 44.1 Å². The van der Waals surface area contributed by atoms with Crippen LogP contribution in [0, 0.1) is 11.3 Å². The fourth-order valence-corrected chi connectivity index (χ4v) is 4.89. The van der Waals surface area contributed by atoms with Gasteiger partial charge in [0.1, 0.15) is 0 Å². The van der Waals surface area contributed by atoms with Crippen molar-refractivity contribution in [2.24, 2.45) is 0 Å². The maximum atomic E-state index is 9.35. The van der Waals surface area contributed by atoms with Crippen LogP contribution in [-0.4, -0.2) is 15.6 Å². The van der Waals surface area contributed by atoms with E-state index in [-0.39, 0.29) is 5.92 Å². The average Bonchev–Trinajstić information content (AvgIpc) is 2.46. The Balaban J connectivity index is 2.26. The lowest BCUT2D eigenvalue weighted by atomic mass is 9.96. The maximum absolute atomic E-state index is 9.35. The molecule has 0 spiro atoms. The van der Waals surface area contributed by atoms with Gasteiger partial charge < -0.3 is 4.43 Å². The second-order valence-electron chi connectivity index (χ2n) is 4.79. The van der Waals surface area contributed by atoms with E-state index in [1.807, 2.05) is 6.07 Å². The zero-order chi connectivity index (χ0) is 12.8. The van der Waals surface area contributed by atoms with Gasteiger partial charge in [0.2, 0.25) is 9.04 Å². The Bertz CT molecular complexity index is 421. The Morgan fingerprint density at radius 2 is 2.22 bits per heavy atom. The molecule has 0 aliphatic carbocycles. The molecule has 1 aliphatic heterocycles. The van der Waals surface area contributed by atoms with Crippen LogP contribution >= 0.6 is 0 Å². The van der Waals surface area contributed by atoms with Crippen molar-refractivity contribution in [1.82, 2.24) is 0 Å². The molecule has 3 heteroatoms. The summed E-state index contributed by atoms with van der Waals surface area (Å²) >= 11 is 0. The largest absolute Gasteiger partial charge is 0.412 e. The van der Waals surface area contributed by atoms with Crippen molar-refractivity contribution in [2.75, 3.05) is 6.61 Å². The molecule has 1 heterocycles. The highest BCUT2D eigenvalue weighted by Gasteiger charge is 2.25. The number of nitrogens with zero attached hydrogens (tertiary/aromatic N) is 1. The molecular formula is C15H20NOSi. The Morgan fingerprint density at radius 1 is 1.39 bits per heavy atom. The van der Waals surface area contributed by atoms with Gasteiger partial charge in [0, 0.05) is 6.61 Å². The molecule has 2 rings (SSSR count). The zero-order valence-electron chi connectivity index (χ0n) is 11.0. The summed E-state index contributed by atoms with van der Waals surface area (Å²) in [4.78, 5) is 0. The van der Waals surface area contributed by atoms with Gasteiger partial charge in [-0.2, -0.15) is 5.26 Å². The van der Waals surface area contributed by atoms with Gasteiger partial charge >= 0.3 is 0 Å². The van der Waals surface area contributed by atoms with E-state index in [4.69, 9.17) is 4.43 Å². The summed E-state index contributed by atoms with van der Waals surface area (Å²) in [6.07, 6.45) is 4.46. The second-order valence-corrected chi connectivity index (χ2v) is 6.96. The summed E-state index contributed by atoms with van der Waals surface area (Å²) in [6, 6.07) is 12.1. The number of nitriles is 1. The van der Waals surface area contributed by atoms with Crippen molar-refractivity contribution in [3.63, 3.8) is 0 Å². The van der Waals surface area contributed by atoms with Gasteiger partial charge in [0.25, 0.3) is 0 Å². The topological polar surface area (TPSA) is 33.0 Å². The van der Waals surface area contributed by atoms with Gasteiger partial charge in [-0.15, -0.1) is 0 Å². The van der Waals surface area contributed by atoms with Gasteiger partial charge in [0.05, 0.1) is 12.0 Å². The number of hydrogen-bond donors (Lipinski definition) is 0. The molecule has 1 aromatic rings. The lowest BCUT2D eigenvalue weighted by Gasteiger charge is -2.24. The van der Waals surface area contributed by atoms with E-state index in [0.29, 0.717) is 0 Å². The summed E-state index contributed by atoms with van der Waals surface area (Å²) in [5.41, 5.74) is 1.22. The smallest absolute Gasteiger partial charge is 0.247 e. The normalized spacial score (nSPS) is 18.2. The molecule has 95 valence electrons.